The third kappa shape index (κ3) is 4.17. The standard InChI is InChI=1S/C19H17Cl2NO3S/c1-2-22-18(23)17(26-19(22)24)10-12-7-8-16(15(21)9-12)25-11-13-5-3-4-6-14(13)20/h3-9,17H,2,10-11H2,1H3/t17-/m0/s1. The maximum Gasteiger partial charge on any atom is 0.289 e. The molecular formula is C19H17Cl2NO3S. The molecule has 136 valence electrons. The zero-order valence-electron chi connectivity index (χ0n) is 14.1. The Hall–Kier alpha value is -1.69. The lowest BCUT2D eigenvalue weighted by Crippen LogP contribution is -2.31. The van der Waals surface area contributed by atoms with Crippen LogP contribution in [0.25, 0.3) is 0 Å². The zero-order chi connectivity index (χ0) is 18.7. The van der Waals surface area contributed by atoms with Crippen molar-refractivity contribution in [3.8, 4) is 5.75 Å². The molecule has 0 bridgehead atoms. The van der Waals surface area contributed by atoms with Crippen LogP contribution in [0.5, 0.6) is 5.75 Å². The van der Waals surface area contributed by atoms with Crippen LogP contribution in [-0.2, 0) is 17.8 Å². The summed E-state index contributed by atoms with van der Waals surface area (Å²) in [6.45, 7) is 2.51. The second kappa shape index (κ2) is 8.33. The molecule has 7 heteroatoms. The van der Waals surface area contributed by atoms with Crippen LogP contribution in [0.2, 0.25) is 10.0 Å². The first kappa shape index (κ1) is 19.1. The minimum Gasteiger partial charge on any atom is -0.487 e. The highest BCUT2D eigenvalue weighted by molar-refractivity contribution is 8.15. The van der Waals surface area contributed by atoms with Gasteiger partial charge in [-0.2, -0.15) is 0 Å². The maximum absolute atomic E-state index is 12.2. The summed E-state index contributed by atoms with van der Waals surface area (Å²) in [6, 6.07) is 12.9. The van der Waals surface area contributed by atoms with E-state index < -0.39 is 5.25 Å². The van der Waals surface area contributed by atoms with Crippen molar-refractivity contribution in [1.82, 2.24) is 4.90 Å². The van der Waals surface area contributed by atoms with E-state index >= 15 is 0 Å². The Kier molecular flexibility index (Phi) is 6.12. The quantitative estimate of drug-likeness (QED) is 0.657. The lowest BCUT2D eigenvalue weighted by Gasteiger charge is -2.12. The Balaban J connectivity index is 1.65. The van der Waals surface area contributed by atoms with Gasteiger partial charge in [0.05, 0.1) is 10.3 Å². The molecule has 2 aromatic carbocycles. The fourth-order valence-corrected chi connectivity index (χ4v) is 4.23. The van der Waals surface area contributed by atoms with Crippen molar-refractivity contribution >= 4 is 46.1 Å². The van der Waals surface area contributed by atoms with Crippen molar-refractivity contribution in [1.29, 1.82) is 0 Å². The van der Waals surface area contributed by atoms with Crippen LogP contribution < -0.4 is 4.74 Å². The van der Waals surface area contributed by atoms with Crippen molar-refractivity contribution in [2.75, 3.05) is 6.54 Å². The molecule has 0 radical (unpaired) electrons. The smallest absolute Gasteiger partial charge is 0.289 e. The highest BCUT2D eigenvalue weighted by Crippen LogP contribution is 2.32. The summed E-state index contributed by atoms with van der Waals surface area (Å²) in [5.41, 5.74) is 1.76. The van der Waals surface area contributed by atoms with Crippen LogP contribution in [0.15, 0.2) is 42.5 Å². The molecule has 4 nitrogen and oxygen atoms in total. The van der Waals surface area contributed by atoms with Gasteiger partial charge in [0.2, 0.25) is 5.91 Å². The van der Waals surface area contributed by atoms with E-state index in [9.17, 15) is 9.59 Å². The lowest BCUT2D eigenvalue weighted by atomic mass is 10.1. The molecule has 0 unspecified atom stereocenters. The summed E-state index contributed by atoms with van der Waals surface area (Å²) >= 11 is 13.5. The number of carbonyl (C=O) groups is 2. The van der Waals surface area contributed by atoms with E-state index in [2.05, 4.69) is 0 Å². The lowest BCUT2D eigenvalue weighted by molar-refractivity contribution is -0.126. The second-order valence-electron chi connectivity index (χ2n) is 5.80. The number of hydrogen-bond acceptors (Lipinski definition) is 4. The Morgan fingerprint density at radius 1 is 1.12 bits per heavy atom. The van der Waals surface area contributed by atoms with E-state index in [1.807, 2.05) is 30.3 Å². The third-order valence-corrected chi connectivity index (χ3v) is 5.82. The summed E-state index contributed by atoms with van der Waals surface area (Å²) in [6.07, 6.45) is 0.455. The molecule has 26 heavy (non-hydrogen) atoms. The van der Waals surface area contributed by atoms with E-state index in [-0.39, 0.29) is 11.1 Å². The molecular weight excluding hydrogens is 393 g/mol. The molecule has 1 saturated heterocycles. The van der Waals surface area contributed by atoms with Gasteiger partial charge in [0.25, 0.3) is 5.24 Å². The summed E-state index contributed by atoms with van der Waals surface area (Å²) in [4.78, 5) is 25.3. The number of amides is 2. The number of imide groups is 1. The summed E-state index contributed by atoms with van der Waals surface area (Å²) < 4.78 is 5.75. The average molecular weight is 410 g/mol. The molecule has 3 rings (SSSR count). The van der Waals surface area contributed by atoms with Crippen molar-refractivity contribution in [3.63, 3.8) is 0 Å². The normalized spacial score (nSPS) is 17.0. The molecule has 0 aliphatic carbocycles. The number of thioether (sulfide) groups is 1. The van der Waals surface area contributed by atoms with Crippen LogP contribution in [0.4, 0.5) is 4.79 Å². The largest absolute Gasteiger partial charge is 0.487 e. The fourth-order valence-electron chi connectivity index (χ4n) is 2.69. The molecule has 0 N–H and O–H groups in total. The van der Waals surface area contributed by atoms with Gasteiger partial charge in [0.15, 0.2) is 0 Å². The maximum atomic E-state index is 12.2. The third-order valence-electron chi connectivity index (χ3n) is 4.08. The molecule has 1 aliphatic rings. The summed E-state index contributed by atoms with van der Waals surface area (Å²) in [7, 11) is 0. The van der Waals surface area contributed by atoms with Crippen LogP contribution in [0, 0.1) is 0 Å². The fraction of sp³-hybridized carbons (Fsp3) is 0.263. The first-order chi connectivity index (χ1) is 12.5. The SMILES string of the molecule is CCN1C(=O)S[C@@H](Cc2ccc(OCc3ccccc3Cl)c(Cl)c2)C1=O. The zero-order valence-corrected chi connectivity index (χ0v) is 16.4. The number of halogens is 2. The predicted molar refractivity (Wildman–Crippen MR) is 105 cm³/mol. The molecule has 1 atom stereocenters. The number of rotatable bonds is 6. The number of ether oxygens (including phenoxy) is 1. The minimum atomic E-state index is -0.395. The first-order valence-electron chi connectivity index (χ1n) is 8.16. The van der Waals surface area contributed by atoms with E-state index in [1.165, 1.54) is 4.90 Å². The van der Waals surface area contributed by atoms with Crippen LogP contribution >= 0.6 is 35.0 Å². The van der Waals surface area contributed by atoms with Gasteiger partial charge in [0.1, 0.15) is 12.4 Å². The Morgan fingerprint density at radius 3 is 2.54 bits per heavy atom. The van der Waals surface area contributed by atoms with E-state index in [0.29, 0.717) is 35.4 Å². The monoisotopic (exact) mass is 409 g/mol. The topological polar surface area (TPSA) is 46.6 Å². The Bertz CT molecular complexity index is 843. The minimum absolute atomic E-state index is 0.141. The molecule has 0 spiro atoms. The van der Waals surface area contributed by atoms with Crippen LogP contribution in [0.3, 0.4) is 0 Å². The van der Waals surface area contributed by atoms with Gasteiger partial charge in [-0.3, -0.25) is 14.5 Å². The Morgan fingerprint density at radius 2 is 1.88 bits per heavy atom. The van der Waals surface area contributed by atoms with Crippen molar-refractivity contribution < 1.29 is 14.3 Å². The molecule has 1 fully saturated rings. The van der Waals surface area contributed by atoms with Gasteiger partial charge in [-0.15, -0.1) is 0 Å². The van der Waals surface area contributed by atoms with Gasteiger partial charge in [-0.05, 0) is 37.1 Å². The first-order valence-corrected chi connectivity index (χ1v) is 9.79. The Labute approximate surface area is 166 Å². The molecule has 1 aliphatic heterocycles. The van der Waals surface area contributed by atoms with Gasteiger partial charge >= 0.3 is 0 Å². The number of benzene rings is 2. The highest BCUT2D eigenvalue weighted by atomic mass is 35.5. The molecule has 0 aromatic heterocycles. The molecule has 2 amide bonds. The van der Waals surface area contributed by atoms with E-state index in [0.717, 1.165) is 22.9 Å². The van der Waals surface area contributed by atoms with Gasteiger partial charge in [-0.1, -0.05) is 59.2 Å². The van der Waals surface area contributed by atoms with Crippen LogP contribution in [-0.4, -0.2) is 27.8 Å². The molecule has 2 aromatic rings. The number of nitrogens with zero attached hydrogens (tertiary/aromatic N) is 1. The molecule has 1 heterocycles. The summed E-state index contributed by atoms with van der Waals surface area (Å²) in [5, 5.41) is 0.521. The van der Waals surface area contributed by atoms with Gasteiger partial charge < -0.3 is 4.74 Å². The van der Waals surface area contributed by atoms with Crippen LogP contribution in [0.1, 0.15) is 18.1 Å². The summed E-state index contributed by atoms with van der Waals surface area (Å²) in [5.74, 6) is 0.407. The van der Waals surface area contributed by atoms with Crippen molar-refractivity contribution in [2.45, 2.75) is 25.2 Å². The molecule has 0 saturated carbocycles. The van der Waals surface area contributed by atoms with Gasteiger partial charge in [0, 0.05) is 17.1 Å². The highest BCUT2D eigenvalue weighted by Gasteiger charge is 2.38. The number of carbonyl (C=O) groups excluding carboxylic acids is 2. The average Bonchev–Trinajstić information content (AvgIpc) is 2.88. The second-order valence-corrected chi connectivity index (χ2v) is 7.77. The van der Waals surface area contributed by atoms with E-state index in [1.54, 1.807) is 19.1 Å². The van der Waals surface area contributed by atoms with Crippen molar-refractivity contribution in [2.24, 2.45) is 0 Å². The van der Waals surface area contributed by atoms with E-state index in [4.69, 9.17) is 27.9 Å². The predicted octanol–water partition coefficient (Wildman–Crippen LogP) is 5.20. The van der Waals surface area contributed by atoms with Crippen molar-refractivity contribution in [3.05, 3.63) is 63.6 Å². The van der Waals surface area contributed by atoms with Gasteiger partial charge in [-0.25, -0.2) is 0 Å². The number of hydrogen-bond donors (Lipinski definition) is 0.